The highest BCUT2D eigenvalue weighted by Gasteiger charge is 2.31. The van der Waals surface area contributed by atoms with Gasteiger partial charge in [-0.05, 0) is 17.7 Å². The summed E-state index contributed by atoms with van der Waals surface area (Å²) in [6.07, 6.45) is -4.49. The first kappa shape index (κ1) is 14.7. The Morgan fingerprint density at radius 1 is 1.38 bits per heavy atom. The van der Waals surface area contributed by atoms with Crippen molar-refractivity contribution >= 4 is 18.4 Å². The van der Waals surface area contributed by atoms with E-state index in [1.165, 1.54) is 6.07 Å². The fraction of sp³-hybridized carbons (Fsp3) is 0.222. The van der Waals surface area contributed by atoms with Crippen LogP contribution in [-0.2, 0) is 11.0 Å². The van der Waals surface area contributed by atoms with E-state index in [2.05, 4.69) is 0 Å². The number of carboxylic acids is 1. The summed E-state index contributed by atoms with van der Waals surface area (Å²) in [5.74, 6) is -1.37. The summed E-state index contributed by atoms with van der Waals surface area (Å²) in [5, 5.41) is 8.52. The van der Waals surface area contributed by atoms with Gasteiger partial charge in [0.25, 0.3) is 0 Å². The predicted molar refractivity (Wildman–Crippen MR) is 53.3 cm³/mol. The number of carboxylic acid groups (broad SMARTS) is 1. The lowest BCUT2D eigenvalue weighted by Crippen LogP contribution is -2.21. The van der Waals surface area contributed by atoms with Crippen LogP contribution in [0.4, 0.5) is 13.2 Å². The van der Waals surface area contributed by atoms with E-state index in [1.807, 2.05) is 0 Å². The monoisotopic (exact) mass is 255 g/mol. The number of benzene rings is 1. The van der Waals surface area contributed by atoms with Crippen LogP contribution < -0.4 is 5.73 Å². The summed E-state index contributed by atoms with van der Waals surface area (Å²) < 4.78 is 36.7. The van der Waals surface area contributed by atoms with Gasteiger partial charge in [-0.25, -0.2) is 0 Å². The lowest BCUT2D eigenvalue weighted by Gasteiger charge is -2.10. The highest BCUT2D eigenvalue weighted by molar-refractivity contribution is 5.85. The Bertz CT molecular complexity index is 381. The van der Waals surface area contributed by atoms with Crippen LogP contribution in [0.3, 0.4) is 0 Å². The molecule has 0 saturated heterocycles. The molecular formula is C9H9ClF3NO2. The molecule has 0 heterocycles. The number of hydrogen-bond acceptors (Lipinski definition) is 2. The van der Waals surface area contributed by atoms with Gasteiger partial charge in [-0.15, -0.1) is 12.4 Å². The SMILES string of the molecule is Cl.N[C@H](C(=O)O)c1cccc(C(F)(F)F)c1. The van der Waals surface area contributed by atoms with Crippen molar-refractivity contribution in [1.82, 2.24) is 0 Å². The maximum Gasteiger partial charge on any atom is 0.416 e. The Morgan fingerprint density at radius 2 is 1.94 bits per heavy atom. The van der Waals surface area contributed by atoms with Crippen LogP contribution in [0.5, 0.6) is 0 Å². The molecule has 0 radical (unpaired) electrons. The minimum atomic E-state index is -4.49. The fourth-order valence-electron chi connectivity index (χ4n) is 1.05. The number of alkyl halides is 3. The van der Waals surface area contributed by atoms with E-state index >= 15 is 0 Å². The molecule has 1 aromatic rings. The van der Waals surface area contributed by atoms with Gasteiger partial charge >= 0.3 is 12.1 Å². The molecule has 0 unspecified atom stereocenters. The van der Waals surface area contributed by atoms with Crippen molar-refractivity contribution in [3.8, 4) is 0 Å². The Balaban J connectivity index is 0.00000225. The molecular weight excluding hydrogens is 247 g/mol. The lowest BCUT2D eigenvalue weighted by molar-refractivity contribution is -0.140. The second-order valence-corrected chi connectivity index (χ2v) is 2.94. The van der Waals surface area contributed by atoms with Crippen molar-refractivity contribution < 1.29 is 23.1 Å². The van der Waals surface area contributed by atoms with Gasteiger partial charge in [0, 0.05) is 0 Å². The van der Waals surface area contributed by atoms with Crippen molar-refractivity contribution in [3.05, 3.63) is 35.4 Å². The molecule has 0 saturated carbocycles. The molecule has 16 heavy (non-hydrogen) atoms. The highest BCUT2D eigenvalue weighted by atomic mass is 35.5. The first-order valence-corrected chi connectivity index (χ1v) is 3.98. The van der Waals surface area contributed by atoms with Crippen LogP contribution in [0.15, 0.2) is 24.3 Å². The molecule has 0 aromatic heterocycles. The van der Waals surface area contributed by atoms with Gasteiger partial charge in [0.2, 0.25) is 0 Å². The molecule has 1 aromatic carbocycles. The summed E-state index contributed by atoms with van der Waals surface area (Å²) in [6, 6.07) is 2.53. The summed E-state index contributed by atoms with van der Waals surface area (Å²) in [5.41, 5.74) is 4.21. The van der Waals surface area contributed by atoms with Crippen LogP contribution in [0.1, 0.15) is 17.2 Å². The summed E-state index contributed by atoms with van der Waals surface area (Å²) in [7, 11) is 0. The number of hydrogen-bond donors (Lipinski definition) is 2. The van der Waals surface area contributed by atoms with E-state index in [0.29, 0.717) is 0 Å². The second kappa shape index (κ2) is 5.18. The molecule has 0 aliphatic carbocycles. The zero-order valence-electron chi connectivity index (χ0n) is 7.86. The third-order valence-electron chi connectivity index (χ3n) is 1.84. The summed E-state index contributed by atoms with van der Waals surface area (Å²) in [6.45, 7) is 0. The molecule has 0 amide bonds. The van der Waals surface area contributed by atoms with E-state index < -0.39 is 23.8 Å². The maximum absolute atomic E-state index is 12.2. The molecule has 0 aliphatic rings. The smallest absolute Gasteiger partial charge is 0.416 e. The third-order valence-corrected chi connectivity index (χ3v) is 1.84. The summed E-state index contributed by atoms with van der Waals surface area (Å²) >= 11 is 0. The number of rotatable bonds is 2. The molecule has 0 bridgehead atoms. The number of halogens is 4. The molecule has 1 rings (SSSR count). The zero-order chi connectivity index (χ0) is 11.6. The molecule has 7 heteroatoms. The first-order valence-electron chi connectivity index (χ1n) is 3.98. The van der Waals surface area contributed by atoms with E-state index in [0.717, 1.165) is 18.2 Å². The number of nitrogens with two attached hydrogens (primary N) is 1. The Kier molecular flexibility index (Phi) is 4.77. The van der Waals surface area contributed by atoms with Crippen LogP contribution in [0.2, 0.25) is 0 Å². The Morgan fingerprint density at radius 3 is 2.38 bits per heavy atom. The highest BCUT2D eigenvalue weighted by Crippen LogP contribution is 2.30. The van der Waals surface area contributed by atoms with Crippen molar-refractivity contribution in [2.24, 2.45) is 5.73 Å². The third kappa shape index (κ3) is 3.39. The molecule has 90 valence electrons. The molecule has 3 N–H and O–H groups in total. The molecule has 3 nitrogen and oxygen atoms in total. The number of carbonyl (C=O) groups is 1. The van der Waals surface area contributed by atoms with E-state index in [4.69, 9.17) is 10.8 Å². The van der Waals surface area contributed by atoms with Gasteiger partial charge in [-0.3, -0.25) is 4.79 Å². The molecule has 0 aliphatic heterocycles. The summed E-state index contributed by atoms with van der Waals surface area (Å²) in [4.78, 5) is 10.5. The molecule has 0 spiro atoms. The van der Waals surface area contributed by atoms with E-state index in [9.17, 15) is 18.0 Å². The quantitative estimate of drug-likeness (QED) is 0.852. The van der Waals surface area contributed by atoms with E-state index in [1.54, 1.807) is 0 Å². The number of aliphatic carboxylic acids is 1. The normalized spacial score (nSPS) is 12.8. The van der Waals surface area contributed by atoms with Gasteiger partial charge in [0.15, 0.2) is 0 Å². The van der Waals surface area contributed by atoms with E-state index in [-0.39, 0.29) is 18.0 Å². The Labute approximate surface area is 95.5 Å². The van der Waals surface area contributed by atoms with Gasteiger partial charge < -0.3 is 10.8 Å². The maximum atomic E-state index is 12.2. The average molecular weight is 256 g/mol. The van der Waals surface area contributed by atoms with Crippen molar-refractivity contribution in [1.29, 1.82) is 0 Å². The average Bonchev–Trinajstić information content (AvgIpc) is 2.15. The first-order chi connectivity index (χ1) is 6.82. The van der Waals surface area contributed by atoms with Crippen molar-refractivity contribution in [2.75, 3.05) is 0 Å². The topological polar surface area (TPSA) is 63.3 Å². The van der Waals surface area contributed by atoms with Crippen LogP contribution in [0.25, 0.3) is 0 Å². The fourth-order valence-corrected chi connectivity index (χ4v) is 1.05. The minimum Gasteiger partial charge on any atom is -0.480 e. The van der Waals surface area contributed by atoms with Gasteiger partial charge in [-0.1, -0.05) is 12.1 Å². The Hall–Kier alpha value is -1.27. The largest absolute Gasteiger partial charge is 0.480 e. The van der Waals surface area contributed by atoms with Crippen molar-refractivity contribution in [3.63, 3.8) is 0 Å². The predicted octanol–water partition coefficient (Wildman–Crippen LogP) is 2.21. The van der Waals surface area contributed by atoms with Crippen LogP contribution in [-0.4, -0.2) is 11.1 Å². The molecule has 1 atom stereocenters. The van der Waals surface area contributed by atoms with Crippen LogP contribution in [0, 0.1) is 0 Å². The minimum absolute atomic E-state index is 0. The standard InChI is InChI=1S/C9H8F3NO2.ClH/c10-9(11,12)6-3-1-2-5(4-6)7(13)8(14)15;/h1-4,7H,13H2,(H,14,15);1H/t7-;/m0./s1. The van der Waals surface area contributed by atoms with Gasteiger partial charge in [0.05, 0.1) is 5.56 Å². The molecule has 0 fully saturated rings. The van der Waals surface area contributed by atoms with Gasteiger partial charge in [-0.2, -0.15) is 13.2 Å². The zero-order valence-corrected chi connectivity index (χ0v) is 8.68. The van der Waals surface area contributed by atoms with Crippen molar-refractivity contribution in [2.45, 2.75) is 12.2 Å². The van der Waals surface area contributed by atoms with Gasteiger partial charge in [0.1, 0.15) is 6.04 Å². The van der Waals surface area contributed by atoms with Crippen LogP contribution >= 0.6 is 12.4 Å². The second-order valence-electron chi connectivity index (χ2n) is 2.94. The lowest BCUT2D eigenvalue weighted by atomic mass is 10.0.